The lowest BCUT2D eigenvalue weighted by Crippen LogP contribution is -2.47. The zero-order chi connectivity index (χ0) is 20.8. The van der Waals surface area contributed by atoms with E-state index in [2.05, 4.69) is 40.0 Å². The topological polar surface area (TPSA) is 66.5 Å². The van der Waals surface area contributed by atoms with Gasteiger partial charge in [-0.2, -0.15) is 0 Å². The molecule has 7 heteroatoms. The normalized spacial score (nSPS) is 16.5. The summed E-state index contributed by atoms with van der Waals surface area (Å²) in [5.74, 6) is 1.41. The molecule has 2 N–H and O–H groups in total. The molecule has 6 nitrogen and oxygen atoms in total. The Hall–Kier alpha value is -2.41. The van der Waals surface area contributed by atoms with Gasteiger partial charge in [0.25, 0.3) is 5.91 Å². The Morgan fingerprint density at radius 1 is 1.17 bits per heavy atom. The zero-order valence-corrected chi connectivity index (χ0v) is 17.7. The monoisotopic (exact) mass is 426 g/mol. The number of nitrogens with one attached hydrogen (secondary N) is 2. The van der Waals surface area contributed by atoms with E-state index in [1.165, 1.54) is 24.0 Å². The molecule has 1 aliphatic carbocycles. The molecule has 1 aromatic heterocycles. The summed E-state index contributed by atoms with van der Waals surface area (Å²) in [4.78, 5) is 16.6. The van der Waals surface area contributed by atoms with Crippen LogP contribution in [0.25, 0.3) is 0 Å². The first-order valence-corrected chi connectivity index (χ1v) is 10.8. The number of carbonyl (C=O) groups excluding carboxylic acids is 1. The lowest BCUT2D eigenvalue weighted by atomic mass is 10.1. The molecule has 2 heterocycles. The van der Waals surface area contributed by atoms with Crippen molar-refractivity contribution in [2.75, 3.05) is 19.6 Å². The van der Waals surface area contributed by atoms with E-state index in [1.54, 1.807) is 23.3 Å². The van der Waals surface area contributed by atoms with Crippen LogP contribution in [0.15, 0.2) is 54.4 Å². The molecule has 2 aliphatic rings. The van der Waals surface area contributed by atoms with Gasteiger partial charge in [-0.1, -0.05) is 35.9 Å². The van der Waals surface area contributed by atoms with Gasteiger partial charge in [-0.05, 0) is 55.0 Å². The van der Waals surface area contributed by atoms with E-state index >= 15 is 0 Å². The summed E-state index contributed by atoms with van der Waals surface area (Å²) in [7, 11) is 0. The van der Waals surface area contributed by atoms with Gasteiger partial charge in [0.05, 0.1) is 17.3 Å². The van der Waals surface area contributed by atoms with Crippen molar-refractivity contribution in [1.29, 1.82) is 0 Å². The molecule has 4 rings (SSSR count). The zero-order valence-electron chi connectivity index (χ0n) is 16.9. The third-order valence-corrected chi connectivity index (χ3v) is 5.52. The van der Waals surface area contributed by atoms with Crippen LogP contribution in [0.4, 0.5) is 0 Å². The largest absolute Gasteiger partial charge is 0.490 e. The molecular weight excluding hydrogens is 400 g/mol. The molecule has 1 aliphatic heterocycles. The number of aromatic nitrogens is 1. The summed E-state index contributed by atoms with van der Waals surface area (Å²) in [5.41, 5.74) is 6.41. The van der Waals surface area contributed by atoms with Crippen LogP contribution in [0.1, 0.15) is 29.7 Å². The number of halogens is 1. The molecule has 1 amide bonds. The Morgan fingerprint density at radius 3 is 2.67 bits per heavy atom. The predicted molar refractivity (Wildman–Crippen MR) is 116 cm³/mol. The molecular formula is C23H27ClN4O2. The van der Waals surface area contributed by atoms with Crippen molar-refractivity contribution >= 4 is 17.5 Å². The predicted octanol–water partition coefficient (Wildman–Crippen LogP) is 3.22. The summed E-state index contributed by atoms with van der Waals surface area (Å²) < 4.78 is 5.69. The van der Waals surface area contributed by atoms with Crippen LogP contribution in [0.3, 0.4) is 0 Å². The Kier molecular flexibility index (Phi) is 7.00. The minimum absolute atomic E-state index is 0.0961. The van der Waals surface area contributed by atoms with E-state index in [-0.39, 0.29) is 5.91 Å². The number of nitrogens with zero attached hydrogens (tertiary/aromatic N) is 2. The van der Waals surface area contributed by atoms with Crippen molar-refractivity contribution in [1.82, 2.24) is 20.7 Å². The van der Waals surface area contributed by atoms with Crippen LogP contribution < -0.4 is 10.7 Å². The summed E-state index contributed by atoms with van der Waals surface area (Å²) in [5, 5.41) is 5.73. The lowest BCUT2D eigenvalue weighted by Gasteiger charge is -2.27. The summed E-state index contributed by atoms with van der Waals surface area (Å²) >= 11 is 5.83. The molecule has 0 bridgehead atoms. The molecule has 0 atom stereocenters. The minimum Gasteiger partial charge on any atom is -0.490 e. The Labute approximate surface area is 182 Å². The van der Waals surface area contributed by atoms with Crippen molar-refractivity contribution in [3.63, 3.8) is 0 Å². The van der Waals surface area contributed by atoms with E-state index in [1.807, 2.05) is 6.07 Å². The molecule has 0 radical (unpaired) electrons. The molecule has 1 fully saturated rings. The van der Waals surface area contributed by atoms with Crippen molar-refractivity contribution < 1.29 is 9.53 Å². The highest BCUT2D eigenvalue weighted by molar-refractivity contribution is 6.30. The smallest absolute Gasteiger partial charge is 0.264 e. The molecule has 2 aromatic rings. The molecule has 1 aromatic carbocycles. The van der Waals surface area contributed by atoms with Gasteiger partial charge in [0.15, 0.2) is 0 Å². The van der Waals surface area contributed by atoms with Gasteiger partial charge in [-0.25, -0.2) is 5.43 Å². The van der Waals surface area contributed by atoms with Gasteiger partial charge >= 0.3 is 0 Å². The van der Waals surface area contributed by atoms with Crippen molar-refractivity contribution in [3.8, 4) is 0 Å². The molecule has 0 spiro atoms. The van der Waals surface area contributed by atoms with E-state index < -0.39 is 0 Å². The number of hydrogen-bond donors (Lipinski definition) is 2. The van der Waals surface area contributed by atoms with Crippen LogP contribution in [0.5, 0.6) is 0 Å². The first kappa shape index (κ1) is 20.8. The average Bonchev–Trinajstić information content (AvgIpc) is 3.58. The fourth-order valence-electron chi connectivity index (χ4n) is 3.27. The Bertz CT molecular complexity index is 879. The molecule has 0 unspecified atom stereocenters. The Morgan fingerprint density at radius 2 is 1.97 bits per heavy atom. The maximum absolute atomic E-state index is 12.4. The first-order chi connectivity index (χ1) is 14.7. The van der Waals surface area contributed by atoms with Crippen LogP contribution in [0.2, 0.25) is 5.02 Å². The van der Waals surface area contributed by atoms with E-state index in [4.69, 9.17) is 16.3 Å². The fraction of sp³-hybridized carbons (Fsp3) is 0.391. The number of pyridine rings is 1. The van der Waals surface area contributed by atoms with Gasteiger partial charge in [0.1, 0.15) is 12.4 Å². The third-order valence-electron chi connectivity index (χ3n) is 5.29. The highest BCUT2D eigenvalue weighted by Crippen LogP contribution is 2.27. The second-order valence-electron chi connectivity index (χ2n) is 7.83. The second kappa shape index (κ2) is 10.1. The number of hydrogen-bond acceptors (Lipinski definition) is 5. The Balaban J connectivity index is 1.19. The lowest BCUT2D eigenvalue weighted by molar-refractivity contribution is -0.130. The number of ether oxygens (including phenoxy) is 1. The summed E-state index contributed by atoms with van der Waals surface area (Å²) in [6.07, 6.45) is 6.67. The summed E-state index contributed by atoms with van der Waals surface area (Å²) in [6, 6.07) is 12.2. The van der Waals surface area contributed by atoms with Crippen LogP contribution in [-0.4, -0.2) is 35.5 Å². The maximum Gasteiger partial charge on any atom is 0.264 e. The first-order valence-electron chi connectivity index (χ1n) is 10.4. The molecule has 158 valence electrons. The van der Waals surface area contributed by atoms with E-state index in [9.17, 15) is 4.79 Å². The van der Waals surface area contributed by atoms with Crippen LogP contribution in [-0.2, 0) is 29.1 Å². The number of hydrazine groups is 1. The number of benzene rings is 1. The van der Waals surface area contributed by atoms with Gasteiger partial charge in [-0.3, -0.25) is 14.8 Å². The second-order valence-corrected chi connectivity index (χ2v) is 8.27. The molecule has 0 saturated heterocycles. The van der Waals surface area contributed by atoms with Crippen LogP contribution in [0, 0.1) is 5.92 Å². The van der Waals surface area contributed by atoms with Gasteiger partial charge in [0, 0.05) is 25.4 Å². The minimum atomic E-state index is -0.0961. The fourth-order valence-corrected chi connectivity index (χ4v) is 3.38. The maximum atomic E-state index is 12.4. The van der Waals surface area contributed by atoms with Crippen molar-refractivity contribution in [2.45, 2.75) is 32.4 Å². The van der Waals surface area contributed by atoms with E-state index in [0.717, 1.165) is 31.1 Å². The molecule has 1 saturated carbocycles. The molecule has 30 heavy (non-hydrogen) atoms. The standard InChI is InChI=1S/C23H27ClN4O2/c24-20-7-8-21(26-14-20)16-30-22-11-23(29)28(27-15-22)10-9-17-1-3-18(4-2-17)12-25-13-19-5-6-19/h1-4,7-8,11,14,19,25,27H,5-6,9-10,12-13,15-16H2. The van der Waals surface area contributed by atoms with Gasteiger partial charge in [-0.15, -0.1) is 0 Å². The average molecular weight is 427 g/mol. The van der Waals surface area contributed by atoms with Crippen molar-refractivity contribution in [3.05, 3.63) is 76.3 Å². The quantitative estimate of drug-likeness (QED) is 0.610. The van der Waals surface area contributed by atoms with E-state index in [0.29, 0.717) is 30.5 Å². The summed E-state index contributed by atoms with van der Waals surface area (Å²) in [6.45, 7) is 3.44. The third kappa shape index (κ3) is 6.29. The number of amides is 1. The van der Waals surface area contributed by atoms with Gasteiger partial charge in [0.2, 0.25) is 0 Å². The highest BCUT2D eigenvalue weighted by atomic mass is 35.5. The number of carbonyl (C=O) groups is 1. The number of rotatable bonds is 10. The highest BCUT2D eigenvalue weighted by Gasteiger charge is 2.20. The van der Waals surface area contributed by atoms with Crippen molar-refractivity contribution in [2.24, 2.45) is 5.92 Å². The SMILES string of the molecule is O=C1C=C(OCc2ccc(Cl)cn2)CNN1CCc1ccc(CNCC2CC2)cc1. The van der Waals surface area contributed by atoms with Crippen LogP contribution >= 0.6 is 11.6 Å². The van der Waals surface area contributed by atoms with Gasteiger partial charge < -0.3 is 10.1 Å².